The van der Waals surface area contributed by atoms with E-state index in [1.807, 2.05) is 13.0 Å². The van der Waals surface area contributed by atoms with Gasteiger partial charge >= 0.3 is 0 Å². The number of hydrogen-bond donors (Lipinski definition) is 1. The molecule has 0 aliphatic carbocycles. The summed E-state index contributed by atoms with van der Waals surface area (Å²) >= 11 is 0. The van der Waals surface area contributed by atoms with Crippen LogP contribution in [0.1, 0.15) is 13.3 Å². The fourth-order valence-electron chi connectivity index (χ4n) is 0.293. The zero-order valence-electron chi connectivity index (χ0n) is 4.59. The summed E-state index contributed by atoms with van der Waals surface area (Å²) in [5.74, 6) is 0. The highest BCUT2D eigenvalue weighted by molar-refractivity contribution is 4.88. The lowest BCUT2D eigenvalue weighted by atomic mass is 10.3. The van der Waals surface area contributed by atoms with Crippen LogP contribution in [0.25, 0.3) is 0 Å². The van der Waals surface area contributed by atoms with E-state index in [0.717, 1.165) is 6.42 Å². The van der Waals surface area contributed by atoms with Crippen LogP contribution < -0.4 is 0 Å². The summed E-state index contributed by atoms with van der Waals surface area (Å²) in [5.41, 5.74) is 0. The molecule has 0 saturated carbocycles. The first-order chi connectivity index (χ1) is 3.27. The third kappa shape index (κ3) is 5.70. The van der Waals surface area contributed by atoms with Crippen LogP contribution in [0.2, 0.25) is 0 Å². The van der Waals surface area contributed by atoms with E-state index in [1.54, 1.807) is 6.08 Å². The second kappa shape index (κ2) is 3.88. The molecule has 1 atom stereocenters. The highest BCUT2D eigenvalue weighted by Crippen LogP contribution is 1.83. The van der Waals surface area contributed by atoms with Crippen molar-refractivity contribution in [3.8, 4) is 0 Å². The van der Waals surface area contributed by atoms with Crippen LogP contribution in [0.4, 0.5) is 0 Å². The van der Waals surface area contributed by atoms with Crippen molar-refractivity contribution >= 4 is 0 Å². The molecule has 0 aromatic heterocycles. The Morgan fingerprint density at radius 3 is 2.57 bits per heavy atom. The molecule has 7 heavy (non-hydrogen) atoms. The Hall–Kier alpha value is -0.300. The summed E-state index contributed by atoms with van der Waals surface area (Å²) in [5, 5.41) is 8.49. The molecule has 0 fully saturated rings. The lowest BCUT2D eigenvalue weighted by molar-refractivity contribution is 0.269. The Balaban J connectivity index is 3.08. The maximum atomic E-state index is 8.49. The van der Waals surface area contributed by atoms with Gasteiger partial charge in [-0.15, -0.1) is 0 Å². The molecule has 1 heteroatoms. The van der Waals surface area contributed by atoms with Crippen molar-refractivity contribution in [3.63, 3.8) is 0 Å². The van der Waals surface area contributed by atoms with Gasteiger partial charge in [0.1, 0.15) is 0 Å². The largest absolute Gasteiger partial charge is 0.389 e. The minimum atomic E-state index is -0.528. The van der Waals surface area contributed by atoms with E-state index >= 15 is 0 Å². The van der Waals surface area contributed by atoms with Gasteiger partial charge in [0.2, 0.25) is 0 Å². The molecule has 41 valence electrons. The quantitative estimate of drug-likeness (QED) is 0.515. The van der Waals surface area contributed by atoms with Crippen LogP contribution in [0.15, 0.2) is 12.2 Å². The predicted molar refractivity (Wildman–Crippen MR) is 30.8 cm³/mol. The van der Waals surface area contributed by atoms with Crippen LogP contribution in [0.3, 0.4) is 0 Å². The molecule has 0 aromatic rings. The van der Waals surface area contributed by atoms with Crippen LogP contribution in [-0.2, 0) is 0 Å². The Bertz CT molecular complexity index is 55.2. The third-order valence-electron chi connectivity index (χ3n) is 0.594. The zero-order chi connectivity index (χ0) is 5.70. The van der Waals surface area contributed by atoms with Gasteiger partial charge in [0.15, 0.2) is 0 Å². The number of hydrogen-bond acceptors (Lipinski definition) is 1. The minimum Gasteiger partial charge on any atom is -0.389 e. The Kier molecular flexibility index (Phi) is 3.71. The average molecular weight is 99.2 g/mol. The van der Waals surface area contributed by atoms with Gasteiger partial charge in [0.25, 0.3) is 0 Å². The maximum absolute atomic E-state index is 8.49. The predicted octanol–water partition coefficient (Wildman–Crippen LogP) is 1.15. The fourth-order valence-corrected chi connectivity index (χ4v) is 0.293. The molecule has 0 aromatic carbocycles. The van der Waals surface area contributed by atoms with Crippen molar-refractivity contribution in [1.82, 2.24) is 0 Å². The first-order valence-corrected chi connectivity index (χ1v) is 2.45. The van der Waals surface area contributed by atoms with Crippen LogP contribution in [0.5, 0.6) is 0 Å². The SMILES string of the molecule is [CH2]C(O)C=CCC. The highest BCUT2D eigenvalue weighted by atomic mass is 16.3. The summed E-state index contributed by atoms with van der Waals surface area (Å²) in [4.78, 5) is 0. The van der Waals surface area contributed by atoms with Gasteiger partial charge in [-0.2, -0.15) is 0 Å². The lowest BCUT2D eigenvalue weighted by Gasteiger charge is -1.88. The van der Waals surface area contributed by atoms with Gasteiger partial charge in [-0.05, 0) is 13.3 Å². The van der Waals surface area contributed by atoms with Gasteiger partial charge in [-0.25, -0.2) is 0 Å². The van der Waals surface area contributed by atoms with Crippen molar-refractivity contribution in [3.05, 3.63) is 19.1 Å². The van der Waals surface area contributed by atoms with Gasteiger partial charge in [0.05, 0.1) is 6.10 Å². The summed E-state index contributed by atoms with van der Waals surface area (Å²) < 4.78 is 0. The van der Waals surface area contributed by atoms with Crippen molar-refractivity contribution in [2.45, 2.75) is 19.4 Å². The lowest BCUT2D eigenvalue weighted by Crippen LogP contribution is -1.91. The highest BCUT2D eigenvalue weighted by Gasteiger charge is 1.80. The van der Waals surface area contributed by atoms with Crippen LogP contribution in [0, 0.1) is 6.92 Å². The van der Waals surface area contributed by atoms with Crippen molar-refractivity contribution < 1.29 is 5.11 Å². The third-order valence-corrected chi connectivity index (χ3v) is 0.594. The molecule has 0 aliphatic rings. The molecule has 0 bridgehead atoms. The van der Waals surface area contributed by atoms with E-state index < -0.39 is 6.10 Å². The maximum Gasteiger partial charge on any atom is 0.0722 e. The first kappa shape index (κ1) is 6.70. The summed E-state index contributed by atoms with van der Waals surface area (Å²) in [6.45, 7) is 5.36. The van der Waals surface area contributed by atoms with E-state index in [0.29, 0.717) is 0 Å². The normalized spacial score (nSPS) is 15.3. The molecule has 0 rings (SSSR count). The molecule has 1 unspecified atom stereocenters. The van der Waals surface area contributed by atoms with E-state index in [9.17, 15) is 0 Å². The van der Waals surface area contributed by atoms with E-state index in [2.05, 4.69) is 6.92 Å². The van der Waals surface area contributed by atoms with E-state index in [1.165, 1.54) is 0 Å². The monoisotopic (exact) mass is 99.1 g/mol. The van der Waals surface area contributed by atoms with Gasteiger partial charge in [-0.1, -0.05) is 19.1 Å². The van der Waals surface area contributed by atoms with Crippen LogP contribution in [-0.4, -0.2) is 11.2 Å². The fraction of sp³-hybridized carbons (Fsp3) is 0.500. The number of allylic oxidation sites excluding steroid dienone is 1. The second-order valence-corrected chi connectivity index (χ2v) is 1.40. The molecule has 1 N–H and O–H groups in total. The van der Waals surface area contributed by atoms with Gasteiger partial charge in [0, 0.05) is 0 Å². The molecule has 1 nitrogen and oxygen atoms in total. The van der Waals surface area contributed by atoms with Gasteiger partial charge < -0.3 is 5.11 Å². The second-order valence-electron chi connectivity index (χ2n) is 1.40. The summed E-state index contributed by atoms with van der Waals surface area (Å²) in [6.07, 6.45) is 3.99. The Morgan fingerprint density at radius 2 is 2.43 bits per heavy atom. The van der Waals surface area contributed by atoms with E-state index in [4.69, 9.17) is 5.11 Å². The standard InChI is InChI=1S/C6H11O/c1-3-4-5-6(2)7/h4-7H,2-3H2,1H3. The Labute approximate surface area is 44.7 Å². The van der Waals surface area contributed by atoms with Gasteiger partial charge in [-0.3, -0.25) is 0 Å². The molecule has 1 radical (unpaired) electrons. The molecule has 0 spiro atoms. The first-order valence-electron chi connectivity index (χ1n) is 2.45. The van der Waals surface area contributed by atoms with Crippen molar-refractivity contribution in [2.24, 2.45) is 0 Å². The minimum absolute atomic E-state index is 0.528. The molecular formula is C6H11O. The number of aliphatic hydroxyl groups is 1. The zero-order valence-corrected chi connectivity index (χ0v) is 4.59. The van der Waals surface area contributed by atoms with Crippen molar-refractivity contribution in [2.75, 3.05) is 0 Å². The Morgan fingerprint density at radius 1 is 1.86 bits per heavy atom. The number of rotatable bonds is 2. The molecular weight excluding hydrogens is 88.1 g/mol. The molecule has 0 saturated heterocycles. The average Bonchev–Trinajstić information content (AvgIpc) is 1.61. The number of aliphatic hydroxyl groups excluding tert-OH is 1. The topological polar surface area (TPSA) is 20.2 Å². The smallest absolute Gasteiger partial charge is 0.0722 e. The molecule has 0 aliphatic heterocycles. The molecule has 0 heterocycles. The van der Waals surface area contributed by atoms with E-state index in [-0.39, 0.29) is 0 Å². The summed E-state index contributed by atoms with van der Waals surface area (Å²) in [6, 6.07) is 0. The summed E-state index contributed by atoms with van der Waals surface area (Å²) in [7, 11) is 0. The molecule has 0 amide bonds. The van der Waals surface area contributed by atoms with Crippen LogP contribution >= 0.6 is 0 Å². The van der Waals surface area contributed by atoms with Crippen molar-refractivity contribution in [1.29, 1.82) is 0 Å².